The van der Waals surface area contributed by atoms with Crippen molar-refractivity contribution in [1.29, 1.82) is 0 Å². The van der Waals surface area contributed by atoms with Crippen molar-refractivity contribution < 1.29 is 24.2 Å². The molecule has 5 nitrogen and oxygen atoms in total. The number of hydrogen-bond donors (Lipinski definition) is 1. The van der Waals surface area contributed by atoms with Gasteiger partial charge in [0.15, 0.2) is 0 Å². The second kappa shape index (κ2) is 3.56. The molecule has 2 bridgehead atoms. The maximum absolute atomic E-state index is 12.6. The van der Waals surface area contributed by atoms with E-state index in [4.69, 9.17) is 9.47 Å². The van der Waals surface area contributed by atoms with Crippen LogP contribution in [0.15, 0.2) is 0 Å². The van der Waals surface area contributed by atoms with Gasteiger partial charge in [-0.05, 0) is 39.0 Å². The predicted molar refractivity (Wildman–Crippen MR) is 67.4 cm³/mol. The van der Waals surface area contributed by atoms with Crippen LogP contribution in [0.3, 0.4) is 0 Å². The topological polar surface area (TPSA) is 72.8 Å². The van der Waals surface area contributed by atoms with E-state index in [0.29, 0.717) is 12.8 Å². The van der Waals surface area contributed by atoms with E-state index in [-0.39, 0.29) is 36.0 Å². The Kier molecular flexibility index (Phi) is 2.25. The van der Waals surface area contributed by atoms with E-state index in [1.165, 1.54) is 0 Å². The molecule has 7 atom stereocenters. The Morgan fingerprint density at radius 1 is 1.30 bits per heavy atom. The number of carbonyl (C=O) groups is 2. The molecular formula is C15H20O5. The molecule has 0 aromatic rings. The van der Waals surface area contributed by atoms with Crippen LogP contribution in [0, 0.1) is 22.7 Å². The summed E-state index contributed by atoms with van der Waals surface area (Å²) >= 11 is 0. The van der Waals surface area contributed by atoms with Crippen molar-refractivity contribution in [2.45, 2.75) is 57.8 Å². The largest absolute Gasteiger partial charge is 0.462 e. The van der Waals surface area contributed by atoms with Gasteiger partial charge in [0.1, 0.15) is 12.2 Å². The van der Waals surface area contributed by atoms with Crippen molar-refractivity contribution in [3.05, 3.63) is 0 Å². The number of aliphatic hydroxyl groups is 1. The van der Waals surface area contributed by atoms with Gasteiger partial charge >= 0.3 is 11.9 Å². The highest BCUT2D eigenvalue weighted by molar-refractivity contribution is 5.93. The Hall–Kier alpha value is -1.10. The Bertz CT molecular complexity index is 500. The molecule has 2 heterocycles. The van der Waals surface area contributed by atoms with Crippen molar-refractivity contribution >= 4 is 11.9 Å². The highest BCUT2D eigenvalue weighted by Crippen LogP contribution is 2.75. The lowest BCUT2D eigenvalue weighted by atomic mass is 9.53. The highest BCUT2D eigenvalue weighted by Gasteiger charge is 2.82. The van der Waals surface area contributed by atoms with Crippen LogP contribution in [-0.2, 0) is 19.1 Å². The minimum atomic E-state index is -0.851. The van der Waals surface area contributed by atoms with E-state index in [2.05, 4.69) is 0 Å². The van der Waals surface area contributed by atoms with Gasteiger partial charge in [0.05, 0.1) is 16.9 Å². The summed E-state index contributed by atoms with van der Waals surface area (Å²) in [5, 5.41) is 9.91. The van der Waals surface area contributed by atoms with Gasteiger partial charge < -0.3 is 14.6 Å². The normalized spacial score (nSPS) is 53.5. The Morgan fingerprint density at radius 3 is 2.65 bits per heavy atom. The molecule has 2 aliphatic heterocycles. The Balaban J connectivity index is 1.89. The lowest BCUT2D eigenvalue weighted by molar-refractivity contribution is -0.167. The monoisotopic (exact) mass is 280 g/mol. The molecule has 0 aromatic heterocycles. The fourth-order valence-electron chi connectivity index (χ4n) is 5.77. The van der Waals surface area contributed by atoms with Crippen LogP contribution >= 0.6 is 0 Å². The zero-order chi connectivity index (χ0) is 14.3. The fourth-order valence-corrected chi connectivity index (χ4v) is 5.77. The molecule has 4 rings (SSSR count). The van der Waals surface area contributed by atoms with E-state index >= 15 is 0 Å². The number of cyclic esters (lactones) is 1. The van der Waals surface area contributed by atoms with E-state index in [9.17, 15) is 14.7 Å². The molecule has 110 valence electrons. The van der Waals surface area contributed by atoms with Crippen LogP contribution in [0.5, 0.6) is 0 Å². The molecule has 0 radical (unpaired) electrons. The quantitative estimate of drug-likeness (QED) is 0.765. The summed E-state index contributed by atoms with van der Waals surface area (Å²) in [7, 11) is 0. The fraction of sp³-hybridized carbons (Fsp3) is 0.867. The van der Waals surface area contributed by atoms with Crippen molar-refractivity contribution in [2.75, 3.05) is 0 Å². The molecule has 1 spiro atoms. The minimum Gasteiger partial charge on any atom is -0.462 e. The van der Waals surface area contributed by atoms with Gasteiger partial charge in [-0.15, -0.1) is 0 Å². The first-order valence-electron chi connectivity index (χ1n) is 7.52. The third-order valence-electron chi connectivity index (χ3n) is 6.15. The smallest absolute Gasteiger partial charge is 0.314 e. The second-order valence-electron chi connectivity index (χ2n) is 7.13. The number of rotatable bonds is 2. The van der Waals surface area contributed by atoms with E-state index in [0.717, 1.165) is 12.8 Å². The summed E-state index contributed by atoms with van der Waals surface area (Å²) in [4.78, 5) is 25.2. The van der Waals surface area contributed by atoms with E-state index in [1.807, 2.05) is 6.92 Å². The number of esters is 2. The van der Waals surface area contributed by atoms with Gasteiger partial charge in [0.2, 0.25) is 0 Å². The molecule has 2 saturated carbocycles. The second-order valence-corrected chi connectivity index (χ2v) is 7.13. The van der Waals surface area contributed by atoms with Crippen LogP contribution in [0.1, 0.15) is 39.5 Å². The molecule has 4 aliphatic rings. The van der Waals surface area contributed by atoms with Crippen LogP contribution in [0.2, 0.25) is 0 Å². The molecule has 20 heavy (non-hydrogen) atoms. The van der Waals surface area contributed by atoms with Gasteiger partial charge in [0, 0.05) is 12.3 Å². The Morgan fingerprint density at radius 2 is 2.05 bits per heavy atom. The summed E-state index contributed by atoms with van der Waals surface area (Å²) in [5.74, 6) is -0.275. The van der Waals surface area contributed by atoms with Crippen molar-refractivity contribution in [3.8, 4) is 0 Å². The summed E-state index contributed by atoms with van der Waals surface area (Å²) in [6.45, 7) is 3.56. The lowest BCUT2D eigenvalue weighted by Crippen LogP contribution is -2.53. The Labute approximate surface area is 117 Å². The minimum absolute atomic E-state index is 0.0550. The van der Waals surface area contributed by atoms with Gasteiger partial charge in [-0.2, -0.15) is 0 Å². The number of fused-ring (bicyclic) bond motifs is 3. The van der Waals surface area contributed by atoms with Crippen LogP contribution in [-0.4, -0.2) is 35.4 Å². The summed E-state index contributed by atoms with van der Waals surface area (Å²) in [6, 6.07) is 0. The standard InChI is InChI=1S/C15H20O5/c1-7(16)5-15-10-3-9(4-11(10)20-13(15)18)14(15)6-8(2)19-12(14)17/h7-11,16H,3-6H2,1-2H3/t7?,8?,9-,10+,11-,14+,15+/m0/s1. The molecule has 0 aromatic carbocycles. The molecule has 2 unspecified atom stereocenters. The molecule has 4 fully saturated rings. The summed E-state index contributed by atoms with van der Waals surface area (Å²) < 4.78 is 11.0. The number of aliphatic hydroxyl groups excluding tert-OH is 1. The third-order valence-corrected chi connectivity index (χ3v) is 6.15. The lowest BCUT2D eigenvalue weighted by Gasteiger charge is -2.43. The molecule has 2 saturated heterocycles. The molecule has 0 amide bonds. The first-order valence-corrected chi connectivity index (χ1v) is 7.52. The number of carbonyl (C=O) groups excluding carboxylic acids is 2. The zero-order valence-corrected chi connectivity index (χ0v) is 11.8. The number of ether oxygens (including phenoxy) is 2. The molecule has 5 heteroatoms. The van der Waals surface area contributed by atoms with Gasteiger partial charge in [-0.1, -0.05) is 0 Å². The van der Waals surface area contributed by atoms with Crippen LogP contribution in [0.4, 0.5) is 0 Å². The molecule has 2 aliphatic carbocycles. The summed E-state index contributed by atoms with van der Waals surface area (Å²) in [6.07, 6.45) is 1.69. The van der Waals surface area contributed by atoms with Gasteiger partial charge in [0.25, 0.3) is 0 Å². The predicted octanol–water partition coefficient (Wildman–Crippen LogP) is 1.03. The molecular weight excluding hydrogens is 260 g/mol. The average Bonchev–Trinajstić information content (AvgIpc) is 2.97. The van der Waals surface area contributed by atoms with Crippen molar-refractivity contribution in [2.24, 2.45) is 22.7 Å². The maximum atomic E-state index is 12.6. The van der Waals surface area contributed by atoms with Crippen LogP contribution in [0.25, 0.3) is 0 Å². The van der Waals surface area contributed by atoms with E-state index in [1.54, 1.807) is 6.92 Å². The van der Waals surface area contributed by atoms with Crippen molar-refractivity contribution in [1.82, 2.24) is 0 Å². The summed E-state index contributed by atoms with van der Waals surface area (Å²) in [5.41, 5.74) is -1.60. The van der Waals surface area contributed by atoms with E-state index < -0.39 is 16.9 Å². The SMILES string of the molecule is CC(O)C[C@]12C(=O)O[C@H]3C[C@H](C[C@H]31)[C@@]21CC(C)OC1=O. The van der Waals surface area contributed by atoms with Gasteiger partial charge in [-0.25, -0.2) is 0 Å². The molecule has 1 N–H and O–H groups in total. The first kappa shape index (κ1) is 12.6. The average molecular weight is 280 g/mol. The highest BCUT2D eigenvalue weighted by atomic mass is 16.6. The van der Waals surface area contributed by atoms with Crippen molar-refractivity contribution in [3.63, 3.8) is 0 Å². The third kappa shape index (κ3) is 1.12. The zero-order valence-electron chi connectivity index (χ0n) is 11.8. The number of hydrogen-bond acceptors (Lipinski definition) is 5. The van der Waals surface area contributed by atoms with Crippen LogP contribution < -0.4 is 0 Å². The maximum Gasteiger partial charge on any atom is 0.314 e. The van der Waals surface area contributed by atoms with Gasteiger partial charge in [-0.3, -0.25) is 9.59 Å². The first-order chi connectivity index (χ1) is 9.41.